The predicted octanol–water partition coefficient (Wildman–Crippen LogP) is 16.1. The molecule has 8 N–H and O–H groups in total. The molecule has 0 aliphatic carbocycles. The maximum atomic E-state index is 9.96. The number of aliphatic hydroxyl groups is 4. The van der Waals surface area contributed by atoms with E-state index in [2.05, 4.69) is 226 Å². The Kier molecular flexibility index (Phi) is 25.0. The average molecular weight is 1840 g/mol. The van der Waals surface area contributed by atoms with Gasteiger partial charge in [-0.05, 0) is 194 Å². The van der Waals surface area contributed by atoms with Crippen LogP contribution in [0.5, 0.6) is 23.0 Å². The topological polar surface area (TPSA) is 170 Å². The van der Waals surface area contributed by atoms with Gasteiger partial charge in [0, 0.05) is 27.3 Å². The number of rotatable bonds is 13. The number of fused-ring (bicyclic) bond motifs is 3. The molecule has 19 heteroatoms. The molecule has 1 heterocycles. The molecule has 0 saturated heterocycles. The number of nitrogen functional groups attached to an aromatic ring is 2. The van der Waals surface area contributed by atoms with Gasteiger partial charge in [-0.15, -0.1) is 0 Å². The fourth-order valence-corrected chi connectivity index (χ4v) is 27.1. The Morgan fingerprint density at radius 2 is 0.701 bits per heavy atom. The van der Waals surface area contributed by atoms with Gasteiger partial charge in [0.1, 0.15) is 17.2 Å². The number of halogens is 8. The van der Waals surface area contributed by atoms with E-state index < -0.39 is 13.3 Å². The summed E-state index contributed by atoms with van der Waals surface area (Å²) >= 11 is 22.6. The first kappa shape index (κ1) is 68.6. The monoisotopic (exact) mass is 1830 g/mol. The van der Waals surface area contributed by atoms with E-state index in [0.717, 1.165) is 101 Å². The van der Waals surface area contributed by atoms with E-state index in [9.17, 15) is 20.4 Å². The zero-order valence-electron chi connectivity index (χ0n) is 47.2. The average Bonchev–Trinajstić information content (AvgIpc) is 1.55. The zero-order chi connectivity index (χ0) is 62.7. The van der Waals surface area contributed by atoms with E-state index >= 15 is 0 Å². The Balaban J connectivity index is 0.000000156. The summed E-state index contributed by atoms with van der Waals surface area (Å²) in [7, 11) is 6.58. The molecule has 0 spiro atoms. The standard InChI is InChI=1S/C26H20Br2GeO2.C14H10Br2I2O2.C14H12Br2O2.C14H16N2O2/c1-31-26-13-21-20-12-17(16-30)22(27)14-24(20)29(25(21)15-23(26)28,18-8-4-2-5-9-18)19-10-6-3-7-11-19;1-20-14-3-9(13(18)5-11(14)16)8-2-7(6-19)10(15)4-12(8)17;2*1-18-14-7-10(3-5-13(14)16)9-2-4-12(15)11(6-9)8-17/h2-15,30H,16H2,1H3;2-5,19H,6H2,1H3;2-7,17H,8H2,1H3;2-7,17H,8,15-16H2,1H3. The molecule has 0 fully saturated rings. The van der Waals surface area contributed by atoms with Crippen molar-refractivity contribution in [2.24, 2.45) is 0 Å². The maximum absolute atomic E-state index is 9.96. The number of hydrogen-bond donors (Lipinski definition) is 6. The molecule has 0 radical (unpaired) electrons. The van der Waals surface area contributed by atoms with Crippen molar-refractivity contribution < 1.29 is 39.4 Å². The minimum atomic E-state index is -3.28. The second kappa shape index (κ2) is 31.6. The number of anilines is 2. The van der Waals surface area contributed by atoms with Crippen molar-refractivity contribution in [3.8, 4) is 67.5 Å². The van der Waals surface area contributed by atoms with Crippen LogP contribution in [0.2, 0.25) is 0 Å². The molecule has 87 heavy (non-hydrogen) atoms. The Labute approximate surface area is 587 Å². The first-order valence-electron chi connectivity index (χ1n) is 26.6. The van der Waals surface area contributed by atoms with Crippen molar-refractivity contribution in [3.05, 3.63) is 238 Å². The van der Waals surface area contributed by atoms with Crippen molar-refractivity contribution >= 4 is 183 Å². The van der Waals surface area contributed by atoms with Crippen LogP contribution in [0.4, 0.5) is 11.4 Å². The van der Waals surface area contributed by atoms with Crippen LogP contribution < -0.4 is 48.0 Å². The van der Waals surface area contributed by atoms with Crippen LogP contribution >= 0.6 is 141 Å². The van der Waals surface area contributed by atoms with Crippen molar-refractivity contribution in [1.29, 1.82) is 0 Å². The minimum absolute atomic E-state index is 0.00642. The number of hydrogen-bond acceptors (Lipinski definition) is 10. The molecular weight excluding hydrogens is 1780 g/mol. The predicted molar refractivity (Wildman–Crippen MR) is 395 cm³/mol. The summed E-state index contributed by atoms with van der Waals surface area (Å²) in [5, 5.41) is 37.9. The van der Waals surface area contributed by atoms with E-state index in [-0.39, 0.29) is 26.4 Å². The van der Waals surface area contributed by atoms with Gasteiger partial charge in [-0.3, -0.25) is 0 Å². The molecule has 1 aliphatic rings. The van der Waals surface area contributed by atoms with Gasteiger partial charge >= 0.3 is 203 Å². The molecule has 0 atom stereocenters. The molecular formula is C68H58Br6GeI2N2O8. The Bertz CT molecular complexity index is 3730. The van der Waals surface area contributed by atoms with E-state index in [0.29, 0.717) is 22.7 Å². The third-order valence-electron chi connectivity index (χ3n) is 14.6. The number of aliphatic hydroxyl groups excluding tert-OH is 4. The van der Waals surface area contributed by atoms with Crippen LogP contribution in [0.3, 0.4) is 0 Å². The normalized spacial score (nSPS) is 11.6. The van der Waals surface area contributed by atoms with E-state index in [1.54, 1.807) is 40.6 Å². The van der Waals surface area contributed by atoms with Gasteiger partial charge in [-0.2, -0.15) is 0 Å². The molecule has 1 aliphatic heterocycles. The summed E-state index contributed by atoms with van der Waals surface area (Å²) in [5.41, 5.74) is 24.7. The third kappa shape index (κ3) is 15.4. The summed E-state index contributed by atoms with van der Waals surface area (Å²) < 4.78 is 34.9. The SMILES string of the molecule is COc1cc(-c2cc(CO)c(Br)cc2I)c(I)cc1Br.COc1cc(-c2ccc(Br)c(CO)c2)ccc1Br.COc1cc(-c2ccc(N)c(CO)c2)ccc1N.COc1cc2[c](cc1Br)[Ge]([c]1ccccc1)([c]1ccccc1)[c]1cc(Br)c(CO)cc1-2. The molecule has 11 rings (SSSR count). The van der Waals surface area contributed by atoms with Gasteiger partial charge in [-0.1, -0.05) is 56.1 Å². The number of benzene rings is 10. The fourth-order valence-electron chi connectivity index (χ4n) is 10.2. The Hall–Kier alpha value is -4.28. The molecule has 10 aromatic carbocycles. The summed E-state index contributed by atoms with van der Waals surface area (Å²) in [5.74, 6) is 3.04. The second-order valence-electron chi connectivity index (χ2n) is 19.6. The van der Waals surface area contributed by atoms with Crippen LogP contribution in [0.1, 0.15) is 22.3 Å². The fraction of sp³-hybridized carbons (Fsp3) is 0.118. The van der Waals surface area contributed by atoms with Gasteiger partial charge in [-0.25, -0.2) is 0 Å². The van der Waals surface area contributed by atoms with E-state index in [1.807, 2.05) is 84.9 Å². The summed E-state index contributed by atoms with van der Waals surface area (Å²) in [6, 6.07) is 61.6. The van der Waals surface area contributed by atoms with Crippen molar-refractivity contribution in [3.63, 3.8) is 0 Å². The van der Waals surface area contributed by atoms with Crippen LogP contribution in [0.15, 0.2) is 209 Å². The Morgan fingerprint density at radius 3 is 1.22 bits per heavy atom. The number of ether oxygens (including phenoxy) is 4. The molecule has 10 aromatic rings. The van der Waals surface area contributed by atoms with Gasteiger partial charge in [0.2, 0.25) is 0 Å². The molecule has 0 aromatic heterocycles. The van der Waals surface area contributed by atoms with Crippen LogP contribution in [0, 0.1) is 7.14 Å². The first-order valence-corrected chi connectivity index (χ1v) is 37.7. The van der Waals surface area contributed by atoms with Crippen LogP contribution in [-0.2, 0) is 26.4 Å². The molecule has 0 bridgehead atoms. The summed E-state index contributed by atoms with van der Waals surface area (Å²) in [6.07, 6.45) is 0. The van der Waals surface area contributed by atoms with Gasteiger partial charge in [0.05, 0.1) is 55.8 Å². The second-order valence-corrected chi connectivity index (χ2v) is 34.8. The van der Waals surface area contributed by atoms with E-state index in [4.69, 9.17) is 30.4 Å². The van der Waals surface area contributed by atoms with Gasteiger partial charge in [0.25, 0.3) is 0 Å². The number of nitrogens with two attached hydrogens (primary N) is 2. The molecule has 0 amide bonds. The van der Waals surface area contributed by atoms with Crippen molar-refractivity contribution in [2.45, 2.75) is 26.4 Å². The van der Waals surface area contributed by atoms with Crippen molar-refractivity contribution in [2.75, 3.05) is 39.9 Å². The van der Waals surface area contributed by atoms with Crippen LogP contribution in [-0.4, -0.2) is 62.1 Å². The quantitative estimate of drug-likeness (QED) is 0.0371. The number of methoxy groups -OCH3 is 4. The molecule has 0 unspecified atom stereocenters. The first-order chi connectivity index (χ1) is 41.9. The van der Waals surface area contributed by atoms with Crippen LogP contribution in [0.25, 0.3) is 44.5 Å². The summed E-state index contributed by atoms with van der Waals surface area (Å²) in [4.78, 5) is 0. The molecule has 448 valence electrons. The zero-order valence-corrected chi connectivity index (χ0v) is 63.2. The van der Waals surface area contributed by atoms with Crippen molar-refractivity contribution in [1.82, 2.24) is 0 Å². The van der Waals surface area contributed by atoms with E-state index in [1.165, 1.54) is 28.7 Å². The van der Waals surface area contributed by atoms with Gasteiger partial charge < -0.3 is 41.0 Å². The third-order valence-corrected chi connectivity index (χ3v) is 30.7. The summed E-state index contributed by atoms with van der Waals surface area (Å²) in [6.45, 7) is -0.0594. The van der Waals surface area contributed by atoms with Gasteiger partial charge in [0.15, 0.2) is 0 Å². The Morgan fingerprint density at radius 1 is 0.345 bits per heavy atom. The molecule has 0 saturated carbocycles. The molecule has 10 nitrogen and oxygen atoms in total.